The van der Waals surface area contributed by atoms with Gasteiger partial charge in [0.2, 0.25) is 0 Å². The van der Waals surface area contributed by atoms with Crippen molar-refractivity contribution >= 4 is 11.6 Å². The molecule has 0 spiro atoms. The second-order valence-corrected chi connectivity index (χ2v) is 6.84. The molecule has 0 N–H and O–H groups in total. The Morgan fingerprint density at radius 1 is 0.633 bits per heavy atom. The van der Waals surface area contributed by atoms with E-state index in [0.717, 1.165) is 12.1 Å². The van der Waals surface area contributed by atoms with Crippen LogP contribution in [0.2, 0.25) is 5.02 Å². The fraction of sp³-hybridized carbons (Fsp3) is 0.0455. The number of nitrogens with zero attached hydrogens (tertiary/aromatic N) is 3. The van der Waals surface area contributed by atoms with Crippen LogP contribution < -0.4 is 0 Å². The highest BCUT2D eigenvalue weighted by Crippen LogP contribution is 2.31. The van der Waals surface area contributed by atoms with E-state index < -0.39 is 17.6 Å². The molecule has 0 radical (unpaired) electrons. The molecule has 0 atom stereocenters. The van der Waals surface area contributed by atoms with Crippen LogP contribution in [0.4, 0.5) is 17.6 Å². The smallest absolute Gasteiger partial charge is 0.208 e. The first-order valence-corrected chi connectivity index (χ1v) is 9.13. The van der Waals surface area contributed by atoms with Crippen molar-refractivity contribution in [3.63, 3.8) is 0 Å². The highest BCUT2D eigenvalue weighted by atomic mass is 35.5. The lowest BCUT2D eigenvalue weighted by Gasteiger charge is -2.10. The predicted molar refractivity (Wildman–Crippen MR) is 106 cm³/mol. The molecule has 30 heavy (non-hydrogen) atoms. The van der Waals surface area contributed by atoms with E-state index in [1.807, 2.05) is 0 Å². The van der Waals surface area contributed by atoms with E-state index in [9.17, 15) is 17.6 Å². The Labute approximate surface area is 174 Å². The quantitative estimate of drug-likeness (QED) is 0.341. The number of hydrogen-bond donors (Lipinski definition) is 0. The van der Waals surface area contributed by atoms with Crippen molar-refractivity contribution in [3.8, 4) is 34.2 Å². The Morgan fingerprint density at radius 3 is 1.63 bits per heavy atom. The van der Waals surface area contributed by atoms with Crippen molar-refractivity contribution < 1.29 is 17.6 Å². The van der Waals surface area contributed by atoms with E-state index in [0.29, 0.717) is 27.5 Å². The van der Waals surface area contributed by atoms with Crippen molar-refractivity contribution in [3.05, 3.63) is 89.2 Å². The third kappa shape index (κ3) is 4.31. The summed E-state index contributed by atoms with van der Waals surface area (Å²) >= 11 is 6.07. The molecule has 1 heterocycles. The number of alkyl halides is 3. The first kappa shape index (κ1) is 20.0. The van der Waals surface area contributed by atoms with Gasteiger partial charge in [0.25, 0.3) is 0 Å². The molecule has 0 aliphatic heterocycles. The van der Waals surface area contributed by atoms with Gasteiger partial charge in [-0.05, 0) is 48.5 Å². The fourth-order valence-electron chi connectivity index (χ4n) is 2.80. The zero-order chi connectivity index (χ0) is 21.3. The summed E-state index contributed by atoms with van der Waals surface area (Å²) in [5.41, 5.74) is 0.767. The van der Waals surface area contributed by atoms with E-state index in [4.69, 9.17) is 11.6 Å². The van der Waals surface area contributed by atoms with Gasteiger partial charge in [0, 0.05) is 21.7 Å². The minimum absolute atomic E-state index is 0.188. The molecule has 0 aliphatic rings. The Hall–Kier alpha value is -3.32. The molecule has 0 fully saturated rings. The van der Waals surface area contributed by atoms with Crippen LogP contribution in [-0.4, -0.2) is 15.0 Å². The van der Waals surface area contributed by atoms with Gasteiger partial charge in [-0.3, -0.25) is 0 Å². The number of benzene rings is 3. The Balaban J connectivity index is 1.86. The van der Waals surface area contributed by atoms with Crippen LogP contribution in [0.3, 0.4) is 0 Å². The lowest BCUT2D eigenvalue weighted by molar-refractivity contribution is -0.137. The molecule has 0 saturated heterocycles. The molecule has 4 rings (SSSR count). The van der Waals surface area contributed by atoms with E-state index >= 15 is 0 Å². The Morgan fingerprint density at radius 2 is 1.13 bits per heavy atom. The summed E-state index contributed by atoms with van der Waals surface area (Å²) in [6.07, 6.45) is -4.44. The second-order valence-electron chi connectivity index (χ2n) is 6.40. The summed E-state index contributed by atoms with van der Waals surface area (Å²) in [7, 11) is 0. The highest BCUT2D eigenvalue weighted by Gasteiger charge is 2.30. The van der Waals surface area contributed by atoms with Gasteiger partial charge in [-0.2, -0.15) is 13.2 Å². The topological polar surface area (TPSA) is 38.7 Å². The Kier molecular flexibility index (Phi) is 5.22. The number of halogens is 5. The molecule has 3 aromatic carbocycles. The van der Waals surface area contributed by atoms with E-state index in [2.05, 4.69) is 15.0 Å². The molecule has 0 unspecified atom stereocenters. The molecule has 150 valence electrons. The number of hydrogen-bond acceptors (Lipinski definition) is 3. The Bertz CT molecular complexity index is 1190. The minimum atomic E-state index is -4.44. The third-order valence-corrected chi connectivity index (χ3v) is 4.53. The predicted octanol–water partition coefficient (Wildman–Crippen LogP) is 6.68. The average molecular weight is 430 g/mol. The van der Waals surface area contributed by atoms with Crippen molar-refractivity contribution in [2.45, 2.75) is 6.18 Å². The normalized spacial score (nSPS) is 11.5. The van der Waals surface area contributed by atoms with Crippen LogP contribution in [0.1, 0.15) is 5.56 Å². The first-order valence-electron chi connectivity index (χ1n) is 8.75. The third-order valence-electron chi connectivity index (χ3n) is 4.29. The molecule has 8 heteroatoms. The molecule has 1 aromatic heterocycles. The maximum atomic E-state index is 13.3. The van der Waals surface area contributed by atoms with Crippen molar-refractivity contribution in [2.24, 2.45) is 0 Å². The van der Waals surface area contributed by atoms with Gasteiger partial charge in [0.1, 0.15) is 5.82 Å². The zero-order valence-electron chi connectivity index (χ0n) is 15.2. The molecule has 0 aliphatic carbocycles. The highest BCUT2D eigenvalue weighted by molar-refractivity contribution is 6.30. The van der Waals surface area contributed by atoms with Gasteiger partial charge >= 0.3 is 6.18 Å². The van der Waals surface area contributed by atoms with Gasteiger partial charge in [-0.25, -0.2) is 19.3 Å². The van der Waals surface area contributed by atoms with Gasteiger partial charge in [-0.1, -0.05) is 35.9 Å². The maximum absolute atomic E-state index is 13.3. The molecule has 3 nitrogen and oxygen atoms in total. The summed E-state index contributed by atoms with van der Waals surface area (Å²) in [6, 6.07) is 17.0. The minimum Gasteiger partial charge on any atom is -0.208 e. The first-order chi connectivity index (χ1) is 14.3. The van der Waals surface area contributed by atoms with Crippen LogP contribution in [0.15, 0.2) is 72.8 Å². The van der Waals surface area contributed by atoms with Gasteiger partial charge < -0.3 is 0 Å². The molecule has 0 saturated carbocycles. The van der Waals surface area contributed by atoms with Crippen LogP contribution >= 0.6 is 11.6 Å². The largest absolute Gasteiger partial charge is 0.416 e. The second kappa shape index (κ2) is 7.84. The standard InChI is InChI=1S/C22H12ClF4N3/c23-17-3-1-2-15(12-17)21-29-19(13-4-8-16(9-5-13)22(25,26)27)28-20(30-21)14-6-10-18(24)11-7-14/h1-12H. The van der Waals surface area contributed by atoms with E-state index in [1.54, 1.807) is 24.3 Å². The summed E-state index contributed by atoms with van der Waals surface area (Å²) in [5.74, 6) is 0.329. The molecule has 0 amide bonds. The van der Waals surface area contributed by atoms with Crippen LogP contribution in [0.25, 0.3) is 34.2 Å². The van der Waals surface area contributed by atoms with Crippen molar-refractivity contribution in [2.75, 3.05) is 0 Å². The lowest BCUT2D eigenvalue weighted by atomic mass is 10.1. The van der Waals surface area contributed by atoms with Crippen LogP contribution in [-0.2, 0) is 6.18 Å². The molecule has 4 aromatic rings. The zero-order valence-corrected chi connectivity index (χ0v) is 15.9. The summed E-state index contributed by atoms with van der Waals surface area (Å²) in [6.45, 7) is 0. The average Bonchev–Trinajstić information content (AvgIpc) is 2.73. The van der Waals surface area contributed by atoms with Gasteiger partial charge in [0.15, 0.2) is 17.5 Å². The van der Waals surface area contributed by atoms with Crippen LogP contribution in [0.5, 0.6) is 0 Å². The monoisotopic (exact) mass is 429 g/mol. The number of rotatable bonds is 3. The maximum Gasteiger partial charge on any atom is 0.416 e. The molecule has 0 bridgehead atoms. The van der Waals surface area contributed by atoms with Crippen molar-refractivity contribution in [1.29, 1.82) is 0 Å². The summed E-state index contributed by atoms with van der Waals surface area (Å²) in [4.78, 5) is 13.2. The molecular weight excluding hydrogens is 418 g/mol. The lowest BCUT2D eigenvalue weighted by Crippen LogP contribution is -2.05. The van der Waals surface area contributed by atoms with Crippen molar-refractivity contribution in [1.82, 2.24) is 15.0 Å². The SMILES string of the molecule is Fc1ccc(-c2nc(-c3ccc(C(F)(F)F)cc3)nc(-c3cccc(Cl)c3)n2)cc1. The number of aromatic nitrogens is 3. The van der Waals surface area contributed by atoms with Crippen LogP contribution in [0, 0.1) is 5.82 Å². The summed E-state index contributed by atoms with van der Waals surface area (Å²) in [5, 5.41) is 0.479. The fourth-order valence-corrected chi connectivity index (χ4v) is 2.99. The van der Waals surface area contributed by atoms with E-state index in [1.165, 1.54) is 36.4 Å². The summed E-state index contributed by atoms with van der Waals surface area (Å²) < 4.78 is 51.9. The van der Waals surface area contributed by atoms with E-state index in [-0.39, 0.29) is 11.6 Å². The van der Waals surface area contributed by atoms with Gasteiger partial charge in [0.05, 0.1) is 5.56 Å². The van der Waals surface area contributed by atoms with Gasteiger partial charge in [-0.15, -0.1) is 0 Å². The molecular formula is C22H12ClF4N3.